The van der Waals surface area contributed by atoms with Crippen molar-refractivity contribution < 1.29 is 0 Å². The highest BCUT2D eigenvalue weighted by molar-refractivity contribution is 9.10. The average Bonchev–Trinajstić information content (AvgIpc) is 2.74. The van der Waals surface area contributed by atoms with E-state index in [0.717, 1.165) is 41.4 Å². The lowest BCUT2D eigenvalue weighted by molar-refractivity contribution is 0.367. The van der Waals surface area contributed by atoms with Gasteiger partial charge >= 0.3 is 0 Å². The number of piperidine rings is 1. The zero-order valence-corrected chi connectivity index (χ0v) is 11.2. The van der Waals surface area contributed by atoms with E-state index >= 15 is 0 Å². The summed E-state index contributed by atoms with van der Waals surface area (Å²) < 4.78 is 2.85. The minimum Gasteiger partial charge on any atom is -0.317 e. The Balaban J connectivity index is 1.83. The van der Waals surface area contributed by atoms with Gasteiger partial charge in [-0.3, -0.25) is 0 Å². The van der Waals surface area contributed by atoms with Crippen molar-refractivity contribution in [3.05, 3.63) is 28.6 Å². The summed E-state index contributed by atoms with van der Waals surface area (Å²) in [6.07, 6.45) is 5.41. The van der Waals surface area contributed by atoms with E-state index in [9.17, 15) is 0 Å². The van der Waals surface area contributed by atoms with Gasteiger partial charge in [-0.15, -0.1) is 0 Å². The molecule has 4 nitrogen and oxygen atoms in total. The molecule has 90 valence electrons. The monoisotopic (exact) mass is 294 g/mol. The predicted molar refractivity (Wildman–Crippen MR) is 70.0 cm³/mol. The molecular weight excluding hydrogens is 280 g/mol. The first-order chi connectivity index (χ1) is 8.33. The van der Waals surface area contributed by atoms with Crippen molar-refractivity contribution in [3.8, 4) is 0 Å². The summed E-state index contributed by atoms with van der Waals surface area (Å²) in [7, 11) is 0. The van der Waals surface area contributed by atoms with Crippen molar-refractivity contribution in [2.24, 2.45) is 5.92 Å². The molecule has 1 aliphatic heterocycles. The molecule has 0 spiro atoms. The van der Waals surface area contributed by atoms with Crippen LogP contribution in [0.5, 0.6) is 0 Å². The van der Waals surface area contributed by atoms with Crippen LogP contribution in [0.3, 0.4) is 0 Å². The molecular formula is C12H15BrN4. The second-order valence-corrected chi connectivity index (χ2v) is 5.40. The SMILES string of the molecule is Brc1cccn2nc(CC3CCNCC3)nc12. The predicted octanol–water partition coefficient (Wildman–Crippen LogP) is 2.03. The summed E-state index contributed by atoms with van der Waals surface area (Å²) in [5.41, 5.74) is 0.913. The van der Waals surface area contributed by atoms with Crippen LogP contribution in [-0.2, 0) is 6.42 Å². The van der Waals surface area contributed by atoms with Crippen molar-refractivity contribution in [1.82, 2.24) is 19.9 Å². The maximum Gasteiger partial charge on any atom is 0.169 e. The van der Waals surface area contributed by atoms with Crippen LogP contribution in [0.1, 0.15) is 18.7 Å². The number of rotatable bonds is 2. The number of fused-ring (bicyclic) bond motifs is 1. The normalized spacial score (nSPS) is 17.7. The highest BCUT2D eigenvalue weighted by Gasteiger charge is 2.16. The summed E-state index contributed by atoms with van der Waals surface area (Å²) in [5, 5.41) is 7.91. The van der Waals surface area contributed by atoms with Gasteiger partial charge in [0.15, 0.2) is 11.5 Å². The van der Waals surface area contributed by atoms with Gasteiger partial charge in [0.25, 0.3) is 0 Å². The van der Waals surface area contributed by atoms with Gasteiger partial charge < -0.3 is 5.32 Å². The number of pyridine rings is 1. The largest absolute Gasteiger partial charge is 0.317 e. The van der Waals surface area contributed by atoms with Gasteiger partial charge in [0.05, 0.1) is 4.47 Å². The van der Waals surface area contributed by atoms with Crippen LogP contribution in [-0.4, -0.2) is 27.7 Å². The van der Waals surface area contributed by atoms with E-state index in [4.69, 9.17) is 0 Å². The quantitative estimate of drug-likeness (QED) is 0.922. The van der Waals surface area contributed by atoms with Gasteiger partial charge in [0, 0.05) is 12.6 Å². The van der Waals surface area contributed by atoms with Crippen molar-refractivity contribution in [3.63, 3.8) is 0 Å². The smallest absolute Gasteiger partial charge is 0.169 e. The number of nitrogens with one attached hydrogen (secondary N) is 1. The van der Waals surface area contributed by atoms with Gasteiger partial charge in [0.2, 0.25) is 0 Å². The standard InChI is InChI=1S/C12H15BrN4/c13-10-2-1-7-17-12(10)15-11(16-17)8-9-3-5-14-6-4-9/h1-2,7,9,14H,3-6,8H2. The fourth-order valence-electron chi connectivity index (χ4n) is 2.35. The van der Waals surface area contributed by atoms with E-state index in [-0.39, 0.29) is 0 Å². The summed E-state index contributed by atoms with van der Waals surface area (Å²) in [4.78, 5) is 4.59. The lowest BCUT2D eigenvalue weighted by atomic mass is 9.94. The second kappa shape index (κ2) is 4.74. The molecule has 0 radical (unpaired) electrons. The first kappa shape index (κ1) is 11.2. The Kier molecular flexibility index (Phi) is 3.11. The minimum absolute atomic E-state index is 0.729. The summed E-state index contributed by atoms with van der Waals surface area (Å²) >= 11 is 3.50. The Bertz CT molecular complexity index is 516. The third-order valence-electron chi connectivity index (χ3n) is 3.29. The zero-order valence-electron chi connectivity index (χ0n) is 9.56. The van der Waals surface area contributed by atoms with Crippen molar-refractivity contribution in [2.45, 2.75) is 19.3 Å². The molecule has 5 heteroatoms. The fraction of sp³-hybridized carbons (Fsp3) is 0.500. The summed E-state index contributed by atoms with van der Waals surface area (Å²) in [5.74, 6) is 1.69. The third-order valence-corrected chi connectivity index (χ3v) is 3.91. The van der Waals surface area contributed by atoms with Gasteiger partial charge in [-0.05, 0) is 59.9 Å². The van der Waals surface area contributed by atoms with Crippen molar-refractivity contribution >= 4 is 21.6 Å². The van der Waals surface area contributed by atoms with Gasteiger partial charge in [-0.25, -0.2) is 9.50 Å². The molecule has 1 N–H and O–H groups in total. The number of hydrogen-bond acceptors (Lipinski definition) is 3. The Hall–Kier alpha value is -0.940. The average molecular weight is 295 g/mol. The molecule has 0 aromatic carbocycles. The highest BCUT2D eigenvalue weighted by Crippen LogP contribution is 2.19. The van der Waals surface area contributed by atoms with E-state index < -0.39 is 0 Å². The van der Waals surface area contributed by atoms with Crippen LogP contribution < -0.4 is 5.32 Å². The molecule has 0 saturated carbocycles. The molecule has 0 aliphatic carbocycles. The van der Waals surface area contributed by atoms with Gasteiger partial charge in [-0.2, -0.15) is 5.10 Å². The summed E-state index contributed by atoms with van der Waals surface area (Å²) in [6.45, 7) is 2.25. The lowest BCUT2D eigenvalue weighted by Crippen LogP contribution is -2.28. The molecule has 17 heavy (non-hydrogen) atoms. The first-order valence-corrected chi connectivity index (χ1v) is 6.83. The van der Waals surface area contributed by atoms with E-state index in [2.05, 4.69) is 31.3 Å². The Morgan fingerprint density at radius 2 is 2.24 bits per heavy atom. The third kappa shape index (κ3) is 2.35. The van der Waals surface area contributed by atoms with Crippen LogP contribution >= 0.6 is 15.9 Å². The molecule has 0 amide bonds. The fourth-order valence-corrected chi connectivity index (χ4v) is 2.77. The first-order valence-electron chi connectivity index (χ1n) is 6.03. The van der Waals surface area contributed by atoms with Gasteiger partial charge in [-0.1, -0.05) is 0 Å². The number of halogens is 1. The highest BCUT2D eigenvalue weighted by atomic mass is 79.9. The van der Waals surface area contributed by atoms with Crippen LogP contribution in [0.15, 0.2) is 22.8 Å². The number of hydrogen-bond donors (Lipinski definition) is 1. The van der Waals surface area contributed by atoms with E-state index in [1.165, 1.54) is 12.8 Å². The molecule has 0 atom stereocenters. The van der Waals surface area contributed by atoms with Crippen LogP contribution in [0, 0.1) is 5.92 Å². The van der Waals surface area contributed by atoms with Crippen LogP contribution in [0.2, 0.25) is 0 Å². The Morgan fingerprint density at radius 3 is 3.00 bits per heavy atom. The van der Waals surface area contributed by atoms with Gasteiger partial charge in [0.1, 0.15) is 0 Å². The van der Waals surface area contributed by atoms with Crippen LogP contribution in [0.25, 0.3) is 5.65 Å². The zero-order chi connectivity index (χ0) is 11.7. The molecule has 3 heterocycles. The van der Waals surface area contributed by atoms with E-state index in [1.807, 2.05) is 22.8 Å². The number of aromatic nitrogens is 3. The topological polar surface area (TPSA) is 42.2 Å². The number of nitrogens with zero attached hydrogens (tertiary/aromatic N) is 3. The second-order valence-electron chi connectivity index (χ2n) is 4.55. The molecule has 2 aromatic heterocycles. The molecule has 1 aliphatic rings. The van der Waals surface area contributed by atoms with E-state index in [0.29, 0.717) is 0 Å². The molecule has 1 saturated heterocycles. The maximum absolute atomic E-state index is 4.59. The Morgan fingerprint density at radius 1 is 1.41 bits per heavy atom. The van der Waals surface area contributed by atoms with E-state index in [1.54, 1.807) is 0 Å². The molecule has 0 bridgehead atoms. The molecule has 2 aromatic rings. The molecule has 1 fully saturated rings. The molecule has 3 rings (SSSR count). The van der Waals surface area contributed by atoms with Crippen LogP contribution in [0.4, 0.5) is 0 Å². The lowest BCUT2D eigenvalue weighted by Gasteiger charge is -2.20. The maximum atomic E-state index is 4.59. The van der Waals surface area contributed by atoms with Crippen molar-refractivity contribution in [1.29, 1.82) is 0 Å². The minimum atomic E-state index is 0.729. The Labute approximate surface area is 109 Å². The van der Waals surface area contributed by atoms with Crippen molar-refractivity contribution in [2.75, 3.05) is 13.1 Å². The summed E-state index contributed by atoms with van der Waals surface area (Å²) in [6, 6.07) is 3.97. The molecule has 0 unspecified atom stereocenters.